The first-order valence-electron chi connectivity index (χ1n) is 11.7. The fourth-order valence-electron chi connectivity index (χ4n) is 5.00. The second kappa shape index (κ2) is 8.90. The van der Waals surface area contributed by atoms with Crippen molar-refractivity contribution in [1.29, 1.82) is 0 Å². The normalized spacial score (nSPS) is 24.6. The zero-order chi connectivity index (χ0) is 23.9. The summed E-state index contributed by atoms with van der Waals surface area (Å²) >= 11 is 1.39. The second-order valence-electron chi connectivity index (χ2n) is 8.97. The number of aromatic nitrogens is 1. The molecule has 3 amide bonds. The Bertz CT molecular complexity index is 1270. The number of carbonyl (C=O) groups is 2. The molecule has 9 heteroatoms. The van der Waals surface area contributed by atoms with Gasteiger partial charge in [-0.05, 0) is 61.7 Å². The summed E-state index contributed by atoms with van der Waals surface area (Å²) in [6.45, 7) is 0. The molecule has 35 heavy (non-hydrogen) atoms. The van der Waals surface area contributed by atoms with Gasteiger partial charge in [0.1, 0.15) is 21.8 Å². The van der Waals surface area contributed by atoms with Crippen LogP contribution in [0.1, 0.15) is 30.9 Å². The average Bonchev–Trinajstić information content (AvgIpc) is 3.44. The van der Waals surface area contributed by atoms with Gasteiger partial charge in [0.15, 0.2) is 0 Å². The molecule has 3 heterocycles. The van der Waals surface area contributed by atoms with Gasteiger partial charge in [0, 0.05) is 23.8 Å². The Morgan fingerprint density at radius 3 is 2.60 bits per heavy atom. The van der Waals surface area contributed by atoms with Crippen LogP contribution >= 0.6 is 11.8 Å². The summed E-state index contributed by atoms with van der Waals surface area (Å²) < 4.78 is 5.88. The number of nitrogens with zero attached hydrogens (tertiary/aromatic N) is 2. The molecule has 2 aromatic carbocycles. The molecule has 4 atom stereocenters. The molecular formula is C26H25N5O3S. The van der Waals surface area contributed by atoms with E-state index in [2.05, 4.69) is 15.6 Å². The van der Waals surface area contributed by atoms with Crippen molar-refractivity contribution in [3.8, 4) is 11.5 Å². The lowest BCUT2D eigenvalue weighted by molar-refractivity contribution is -0.121. The van der Waals surface area contributed by atoms with E-state index in [1.165, 1.54) is 11.8 Å². The van der Waals surface area contributed by atoms with Crippen molar-refractivity contribution in [2.24, 2.45) is 5.73 Å². The lowest BCUT2D eigenvalue weighted by atomic mass is 9.99. The van der Waals surface area contributed by atoms with Gasteiger partial charge in [-0.15, -0.1) is 0 Å². The van der Waals surface area contributed by atoms with Crippen LogP contribution in [0.4, 0.5) is 16.2 Å². The molecule has 2 unspecified atom stereocenters. The van der Waals surface area contributed by atoms with Crippen molar-refractivity contribution in [2.45, 2.75) is 47.7 Å². The minimum absolute atomic E-state index is 0.0216. The highest BCUT2D eigenvalue weighted by Gasteiger charge is 2.47. The van der Waals surface area contributed by atoms with Gasteiger partial charge in [0.05, 0.1) is 17.4 Å². The number of amides is 3. The molecule has 3 aliphatic rings. The Balaban J connectivity index is 1.25. The van der Waals surface area contributed by atoms with E-state index >= 15 is 0 Å². The van der Waals surface area contributed by atoms with Crippen LogP contribution in [0.2, 0.25) is 0 Å². The SMILES string of the molecule is N[C@H]1CCC[C@@H]1NC(=O)C1Sc2nccc3c2C1NC(=O)N3c1ccc(Oc2ccccc2)cc1. The number of thioether (sulfide) groups is 1. The first kappa shape index (κ1) is 21.9. The third-order valence-electron chi connectivity index (χ3n) is 6.74. The van der Waals surface area contributed by atoms with Crippen molar-refractivity contribution in [3.63, 3.8) is 0 Å². The highest BCUT2D eigenvalue weighted by atomic mass is 32.2. The van der Waals surface area contributed by atoms with Gasteiger partial charge in [-0.3, -0.25) is 9.69 Å². The molecule has 3 aromatic rings. The number of ether oxygens (including phenoxy) is 1. The lowest BCUT2D eigenvalue weighted by Crippen LogP contribution is -2.52. The number of nitrogens with one attached hydrogen (secondary N) is 2. The van der Waals surface area contributed by atoms with E-state index in [1.807, 2.05) is 60.7 Å². The van der Waals surface area contributed by atoms with E-state index < -0.39 is 11.3 Å². The molecular weight excluding hydrogens is 462 g/mol. The van der Waals surface area contributed by atoms with Crippen LogP contribution in [-0.4, -0.2) is 34.3 Å². The van der Waals surface area contributed by atoms with Crippen molar-refractivity contribution in [1.82, 2.24) is 15.6 Å². The molecule has 1 aromatic heterocycles. The fraction of sp³-hybridized carbons (Fsp3) is 0.269. The molecule has 0 saturated heterocycles. The summed E-state index contributed by atoms with van der Waals surface area (Å²) in [6, 6.07) is 17.9. The summed E-state index contributed by atoms with van der Waals surface area (Å²) in [5.41, 5.74) is 8.46. The number of anilines is 2. The number of hydrogen-bond donors (Lipinski definition) is 3. The zero-order valence-electron chi connectivity index (χ0n) is 18.9. The molecule has 0 bridgehead atoms. The van der Waals surface area contributed by atoms with Gasteiger partial charge < -0.3 is 21.1 Å². The number of pyridine rings is 1. The van der Waals surface area contributed by atoms with Crippen LogP contribution in [0.25, 0.3) is 0 Å². The molecule has 0 radical (unpaired) electrons. The fourth-order valence-corrected chi connectivity index (χ4v) is 6.24. The third-order valence-corrected chi connectivity index (χ3v) is 8.02. The Labute approximate surface area is 207 Å². The van der Waals surface area contributed by atoms with Crippen LogP contribution in [-0.2, 0) is 4.79 Å². The van der Waals surface area contributed by atoms with Gasteiger partial charge in [-0.1, -0.05) is 30.0 Å². The number of urea groups is 1. The summed E-state index contributed by atoms with van der Waals surface area (Å²) in [4.78, 5) is 32.6. The predicted molar refractivity (Wildman–Crippen MR) is 134 cm³/mol. The Morgan fingerprint density at radius 2 is 1.86 bits per heavy atom. The molecule has 1 aliphatic carbocycles. The number of benzene rings is 2. The highest BCUT2D eigenvalue weighted by Crippen LogP contribution is 2.50. The second-order valence-corrected chi connectivity index (χ2v) is 10.1. The third kappa shape index (κ3) is 4.00. The molecule has 6 rings (SSSR count). The molecule has 8 nitrogen and oxygen atoms in total. The topological polar surface area (TPSA) is 110 Å². The van der Waals surface area contributed by atoms with Gasteiger partial charge >= 0.3 is 6.03 Å². The number of rotatable bonds is 5. The lowest BCUT2D eigenvalue weighted by Gasteiger charge is -2.34. The molecule has 1 saturated carbocycles. The average molecular weight is 488 g/mol. The number of carbonyl (C=O) groups excluding carboxylic acids is 2. The maximum Gasteiger partial charge on any atom is 0.327 e. The molecule has 4 N–H and O–H groups in total. The number of hydrogen-bond acceptors (Lipinski definition) is 6. The van der Waals surface area contributed by atoms with Gasteiger partial charge in [0.2, 0.25) is 5.91 Å². The Kier molecular flexibility index (Phi) is 5.58. The van der Waals surface area contributed by atoms with Gasteiger partial charge in [0.25, 0.3) is 0 Å². The smallest absolute Gasteiger partial charge is 0.327 e. The largest absolute Gasteiger partial charge is 0.457 e. The van der Waals surface area contributed by atoms with E-state index in [9.17, 15) is 9.59 Å². The molecule has 1 fully saturated rings. The van der Waals surface area contributed by atoms with E-state index in [0.717, 1.165) is 41.3 Å². The van der Waals surface area contributed by atoms with Crippen LogP contribution in [0.3, 0.4) is 0 Å². The minimum Gasteiger partial charge on any atom is -0.457 e. The van der Waals surface area contributed by atoms with Gasteiger partial charge in [-0.25, -0.2) is 9.78 Å². The van der Waals surface area contributed by atoms with E-state index in [4.69, 9.17) is 10.5 Å². The quantitative estimate of drug-likeness (QED) is 0.497. The Morgan fingerprint density at radius 1 is 1.09 bits per heavy atom. The van der Waals surface area contributed by atoms with Crippen molar-refractivity contribution in [2.75, 3.05) is 4.90 Å². The van der Waals surface area contributed by atoms with Gasteiger partial charge in [-0.2, -0.15) is 0 Å². The maximum atomic E-state index is 13.3. The van der Waals surface area contributed by atoms with Crippen molar-refractivity contribution in [3.05, 3.63) is 72.4 Å². The standard InChI is InChI=1S/C26H25N5O3S/c27-18-7-4-8-19(18)29-24(32)23-22-21-20(13-14-28-25(21)35-23)31(26(33)30-22)15-9-11-17(12-10-15)34-16-5-2-1-3-6-16/h1-3,5-6,9-14,18-19,22-23H,4,7-8,27H2,(H,29,32)(H,30,33)/t18-,19-,22?,23?/m0/s1. The van der Waals surface area contributed by atoms with E-state index in [0.29, 0.717) is 11.4 Å². The maximum absolute atomic E-state index is 13.3. The summed E-state index contributed by atoms with van der Waals surface area (Å²) in [5.74, 6) is 1.31. The molecule has 178 valence electrons. The summed E-state index contributed by atoms with van der Waals surface area (Å²) in [7, 11) is 0. The summed E-state index contributed by atoms with van der Waals surface area (Å²) in [5, 5.41) is 6.43. The Hall–Kier alpha value is -3.56. The predicted octanol–water partition coefficient (Wildman–Crippen LogP) is 4.25. The first-order chi connectivity index (χ1) is 17.1. The van der Waals surface area contributed by atoms with Crippen LogP contribution in [0.5, 0.6) is 11.5 Å². The van der Waals surface area contributed by atoms with Crippen LogP contribution < -0.4 is 26.0 Å². The number of nitrogens with two attached hydrogens (primary N) is 1. The highest BCUT2D eigenvalue weighted by molar-refractivity contribution is 8.01. The number of para-hydroxylation sites is 1. The van der Waals surface area contributed by atoms with Crippen LogP contribution in [0.15, 0.2) is 71.9 Å². The first-order valence-corrected chi connectivity index (χ1v) is 12.6. The van der Waals surface area contributed by atoms with Crippen LogP contribution in [0, 0.1) is 0 Å². The zero-order valence-corrected chi connectivity index (χ0v) is 19.7. The minimum atomic E-state index is -0.487. The monoisotopic (exact) mass is 487 g/mol. The molecule has 2 aliphatic heterocycles. The summed E-state index contributed by atoms with van der Waals surface area (Å²) in [6.07, 6.45) is 4.50. The van der Waals surface area contributed by atoms with Crippen molar-refractivity contribution >= 4 is 35.1 Å². The van der Waals surface area contributed by atoms with E-state index in [1.54, 1.807) is 11.1 Å². The van der Waals surface area contributed by atoms with Crippen molar-refractivity contribution < 1.29 is 14.3 Å². The molecule has 0 spiro atoms. The van der Waals surface area contributed by atoms with E-state index in [-0.39, 0.29) is 24.0 Å².